The van der Waals surface area contributed by atoms with E-state index in [0.717, 1.165) is 11.6 Å². The second-order valence-corrected chi connectivity index (χ2v) is 8.41. The fraction of sp³-hybridized carbons (Fsp3) is 0.478. The second kappa shape index (κ2) is 13.0. The Balaban J connectivity index is 2.03. The van der Waals surface area contributed by atoms with Gasteiger partial charge in [-0.2, -0.15) is 13.2 Å². The molecule has 0 fully saturated rings. The van der Waals surface area contributed by atoms with Gasteiger partial charge >= 0.3 is 6.18 Å². The summed E-state index contributed by atoms with van der Waals surface area (Å²) >= 11 is 0. The van der Waals surface area contributed by atoms with Crippen LogP contribution in [0.1, 0.15) is 29.5 Å². The van der Waals surface area contributed by atoms with E-state index in [0.29, 0.717) is 29.9 Å². The Hall–Kier alpha value is -2.26. The van der Waals surface area contributed by atoms with Crippen molar-refractivity contribution in [2.45, 2.75) is 37.4 Å². The number of alkyl halides is 3. The van der Waals surface area contributed by atoms with Gasteiger partial charge in [-0.15, -0.1) is 0 Å². The lowest BCUT2D eigenvalue weighted by atomic mass is 9.93. The van der Waals surface area contributed by atoms with E-state index in [4.69, 9.17) is 24.5 Å². The van der Waals surface area contributed by atoms with Gasteiger partial charge in [0, 0.05) is 6.07 Å². The maximum Gasteiger partial charge on any atom is 0.419 e. The second-order valence-electron chi connectivity index (χ2n) is 7.89. The molecular weight excluding hydrogens is 474 g/mol. The van der Waals surface area contributed by atoms with E-state index >= 15 is 0 Å². The third-order valence-electron chi connectivity index (χ3n) is 5.36. The highest BCUT2D eigenvalue weighted by molar-refractivity contribution is 7.17. The number of aliphatic hydroxyl groups is 1. The summed E-state index contributed by atoms with van der Waals surface area (Å²) in [6.07, 6.45) is -3.23. The predicted molar refractivity (Wildman–Crippen MR) is 123 cm³/mol. The number of benzene rings is 2. The zero-order chi connectivity index (χ0) is 25.2. The lowest BCUT2D eigenvalue weighted by molar-refractivity contribution is -0.139. The highest BCUT2D eigenvalue weighted by Crippen LogP contribution is 2.37. The Morgan fingerprint density at radius 2 is 1.79 bits per heavy atom. The minimum Gasteiger partial charge on any atom is -0.497 e. The molecule has 2 rings (SSSR count). The van der Waals surface area contributed by atoms with Crippen molar-refractivity contribution in [3.05, 3.63) is 53.1 Å². The number of nitrogens with two attached hydrogens (primary N) is 1. The molecule has 0 aliphatic carbocycles. The molecule has 0 bridgehead atoms. The molecular formula is C23H31F3NO6P. The average molecular weight is 505 g/mol. The molecule has 0 spiro atoms. The van der Waals surface area contributed by atoms with Crippen LogP contribution in [0.4, 0.5) is 13.2 Å². The van der Waals surface area contributed by atoms with Gasteiger partial charge < -0.3 is 29.6 Å². The van der Waals surface area contributed by atoms with Crippen molar-refractivity contribution in [2.24, 2.45) is 5.73 Å². The number of halogens is 3. The first-order valence-electron chi connectivity index (χ1n) is 10.6. The Bertz CT molecular complexity index is 943. The molecule has 34 heavy (non-hydrogen) atoms. The normalized spacial score (nSPS) is 13.7. The molecule has 2 atom stereocenters. The van der Waals surface area contributed by atoms with Crippen LogP contribution in [0.3, 0.4) is 0 Å². The monoisotopic (exact) mass is 505 g/mol. The van der Waals surface area contributed by atoms with Crippen molar-refractivity contribution < 1.29 is 41.6 Å². The van der Waals surface area contributed by atoms with E-state index in [1.54, 1.807) is 26.4 Å². The number of hydrogen-bond acceptors (Lipinski definition) is 7. The smallest absolute Gasteiger partial charge is 0.419 e. The third kappa shape index (κ3) is 8.20. The van der Waals surface area contributed by atoms with Crippen molar-refractivity contribution in [1.82, 2.24) is 0 Å². The molecule has 11 heteroatoms. The molecule has 0 saturated heterocycles. The Morgan fingerprint density at radius 1 is 1.03 bits per heavy atom. The van der Waals surface area contributed by atoms with Crippen molar-refractivity contribution in [1.29, 1.82) is 0 Å². The largest absolute Gasteiger partial charge is 0.497 e. The maximum atomic E-state index is 13.7. The molecule has 0 amide bonds. The average Bonchev–Trinajstić information content (AvgIpc) is 2.83. The van der Waals surface area contributed by atoms with Crippen LogP contribution in [-0.4, -0.2) is 44.7 Å². The molecule has 0 aromatic heterocycles. The molecule has 0 radical (unpaired) electrons. The van der Waals surface area contributed by atoms with Gasteiger partial charge in [0.05, 0.1) is 45.1 Å². The van der Waals surface area contributed by atoms with Gasteiger partial charge in [0.2, 0.25) is 0 Å². The summed E-state index contributed by atoms with van der Waals surface area (Å²) in [6, 6.07) is 9.24. The van der Waals surface area contributed by atoms with Gasteiger partial charge in [0.1, 0.15) is 17.2 Å². The first-order valence-corrected chi connectivity index (χ1v) is 11.6. The van der Waals surface area contributed by atoms with Crippen LogP contribution in [-0.2, 0) is 28.1 Å². The zero-order valence-electron chi connectivity index (χ0n) is 19.2. The van der Waals surface area contributed by atoms with E-state index in [1.807, 2.05) is 6.07 Å². The fourth-order valence-electron chi connectivity index (χ4n) is 3.37. The predicted octanol–water partition coefficient (Wildman–Crippen LogP) is 4.04. The van der Waals surface area contributed by atoms with Crippen molar-refractivity contribution in [3.8, 4) is 17.2 Å². The Labute approximate surface area is 198 Å². The van der Waals surface area contributed by atoms with Crippen molar-refractivity contribution in [3.63, 3.8) is 0 Å². The number of rotatable bonds is 14. The standard InChI is InChI=1S/C23H31F3NO6P/c1-30-18-7-6-17(21(13-18)31-2)4-3-11-32-20-8-5-16(12-19(20)23(24,25)26)9-10-22(27,14-28)15-33-34-29/h5-8,12-13,28H,3-4,9-11,14-15,27,34H2,1-2H3. The molecule has 0 aliphatic heterocycles. The summed E-state index contributed by atoms with van der Waals surface area (Å²) in [5.74, 6) is 1.04. The first kappa shape index (κ1) is 28.0. The number of aryl methyl sites for hydroxylation is 2. The minimum atomic E-state index is -4.60. The quantitative estimate of drug-likeness (QED) is 0.295. The molecule has 190 valence electrons. The highest BCUT2D eigenvalue weighted by atomic mass is 31.1. The number of methoxy groups -OCH3 is 2. The van der Waals surface area contributed by atoms with E-state index in [-0.39, 0.29) is 31.8 Å². The van der Waals surface area contributed by atoms with Crippen LogP contribution in [0.25, 0.3) is 0 Å². The fourth-order valence-corrected chi connectivity index (χ4v) is 3.77. The van der Waals surface area contributed by atoms with Gasteiger partial charge in [0.15, 0.2) is 8.69 Å². The molecule has 0 aliphatic rings. The van der Waals surface area contributed by atoms with Gasteiger partial charge in [0.25, 0.3) is 0 Å². The molecule has 0 heterocycles. The molecule has 7 nitrogen and oxygen atoms in total. The van der Waals surface area contributed by atoms with E-state index in [2.05, 4.69) is 0 Å². The third-order valence-corrected chi connectivity index (χ3v) is 5.66. The van der Waals surface area contributed by atoms with Crippen LogP contribution >= 0.6 is 8.69 Å². The van der Waals surface area contributed by atoms with Crippen LogP contribution in [0.5, 0.6) is 17.2 Å². The van der Waals surface area contributed by atoms with Gasteiger partial charge in [-0.25, -0.2) is 0 Å². The first-order chi connectivity index (χ1) is 16.2. The van der Waals surface area contributed by atoms with Crippen molar-refractivity contribution >= 4 is 8.69 Å². The van der Waals surface area contributed by atoms with Crippen LogP contribution < -0.4 is 19.9 Å². The highest BCUT2D eigenvalue weighted by Gasteiger charge is 2.35. The van der Waals surface area contributed by atoms with Crippen LogP contribution in [0.15, 0.2) is 36.4 Å². The number of aliphatic hydroxyl groups excluding tert-OH is 1. The molecule has 2 aromatic rings. The van der Waals surface area contributed by atoms with Gasteiger partial charge in [-0.3, -0.25) is 4.57 Å². The van der Waals surface area contributed by atoms with Crippen LogP contribution in [0.2, 0.25) is 0 Å². The lowest BCUT2D eigenvalue weighted by Crippen LogP contribution is -2.47. The summed E-state index contributed by atoms with van der Waals surface area (Å²) < 4.78 is 72.3. The maximum absolute atomic E-state index is 13.7. The van der Waals surface area contributed by atoms with Crippen molar-refractivity contribution in [2.75, 3.05) is 34.0 Å². The van der Waals surface area contributed by atoms with E-state index < -0.39 is 32.6 Å². The lowest BCUT2D eigenvalue weighted by Gasteiger charge is -2.26. The topological polar surface area (TPSA) is 100 Å². The molecule has 2 unspecified atom stereocenters. The summed E-state index contributed by atoms with van der Waals surface area (Å²) in [5.41, 5.74) is 5.21. The minimum absolute atomic E-state index is 0.0862. The molecule has 0 saturated carbocycles. The van der Waals surface area contributed by atoms with Crippen LogP contribution in [0, 0.1) is 0 Å². The molecule has 3 N–H and O–H groups in total. The SMILES string of the molecule is COc1ccc(CCCOc2ccc(CCC(N)(CO)CO[PH2]=O)cc2C(F)(F)F)c(OC)c1. The summed E-state index contributed by atoms with van der Waals surface area (Å²) in [4.78, 5) is 0. The Kier molecular flexibility index (Phi) is 10.7. The summed E-state index contributed by atoms with van der Waals surface area (Å²) in [7, 11) is 1.60. The number of hydrogen-bond donors (Lipinski definition) is 2. The van der Waals surface area contributed by atoms with E-state index in [1.165, 1.54) is 12.1 Å². The summed E-state index contributed by atoms with van der Waals surface area (Å²) in [5, 5.41) is 9.47. The van der Waals surface area contributed by atoms with E-state index in [9.17, 15) is 22.8 Å². The Morgan fingerprint density at radius 3 is 2.41 bits per heavy atom. The van der Waals surface area contributed by atoms with Gasteiger partial charge in [-0.1, -0.05) is 12.1 Å². The summed E-state index contributed by atoms with van der Waals surface area (Å²) in [6.45, 7) is -0.504. The zero-order valence-corrected chi connectivity index (χ0v) is 20.3. The molecule has 2 aromatic carbocycles. The number of ether oxygens (including phenoxy) is 3. The van der Waals surface area contributed by atoms with Gasteiger partial charge in [-0.05, 0) is 55.0 Å².